The van der Waals surface area contributed by atoms with Gasteiger partial charge in [-0.2, -0.15) is 0 Å². The molecular formula is C52H48N6Na2O12. The predicted octanol–water partition coefficient (Wildman–Crippen LogP) is 1.65. The second-order valence-corrected chi connectivity index (χ2v) is 15.1. The summed E-state index contributed by atoms with van der Waals surface area (Å²) in [5, 5.41) is 40.8. The molecule has 0 fully saturated rings. The van der Waals surface area contributed by atoms with Crippen molar-refractivity contribution in [3.8, 4) is 23.0 Å². The zero-order valence-corrected chi connectivity index (χ0v) is 45.0. The number of ether oxygens (including phenoxy) is 2. The van der Waals surface area contributed by atoms with Crippen molar-refractivity contribution >= 4 is 58.6 Å². The van der Waals surface area contributed by atoms with Crippen molar-refractivity contribution < 1.29 is 118 Å². The minimum absolute atomic E-state index is 0. The molecule has 0 heterocycles. The maximum Gasteiger partial charge on any atom is 1.00 e. The number of rotatable bonds is 20. The maximum absolute atomic E-state index is 11.0. The van der Waals surface area contributed by atoms with Crippen LogP contribution < -0.4 is 88.6 Å². The Labute approximate surface area is 460 Å². The van der Waals surface area contributed by atoms with Gasteiger partial charge in [0.1, 0.15) is 24.7 Å². The van der Waals surface area contributed by atoms with E-state index >= 15 is 0 Å². The van der Waals surface area contributed by atoms with Gasteiger partial charge in [-0.05, 0) is 129 Å². The largest absolute Gasteiger partial charge is 1.00 e. The first-order valence-electron chi connectivity index (χ1n) is 21.2. The Morgan fingerprint density at radius 2 is 0.722 bits per heavy atom. The number of carbonyl (C=O) groups is 4. The van der Waals surface area contributed by atoms with Crippen molar-refractivity contribution in [3.05, 3.63) is 179 Å². The van der Waals surface area contributed by atoms with Gasteiger partial charge in [0.15, 0.2) is 11.5 Å². The van der Waals surface area contributed by atoms with Gasteiger partial charge in [0.2, 0.25) is 0 Å². The molecule has 0 amide bonds. The van der Waals surface area contributed by atoms with Crippen LogP contribution in [0.3, 0.4) is 0 Å². The number of carbonyl (C=O) groups excluding carboxylic acids is 4. The fraction of sp³-hybridized carbons (Fsp3) is 0.154. The summed E-state index contributed by atoms with van der Waals surface area (Å²) in [6.07, 6.45) is 4.01. The van der Waals surface area contributed by atoms with Crippen LogP contribution in [0.4, 0.5) is 11.4 Å². The van der Waals surface area contributed by atoms with Crippen molar-refractivity contribution in [3.63, 3.8) is 0 Å². The predicted molar refractivity (Wildman–Crippen MR) is 255 cm³/mol. The molecule has 0 aliphatic carbocycles. The van der Waals surface area contributed by atoms with Crippen LogP contribution in [0.25, 0.3) is 23.3 Å². The fourth-order valence-electron chi connectivity index (χ4n) is 5.90. The first-order chi connectivity index (χ1) is 33.6. The number of carboxylic acid groups (broad SMARTS) is 2. The van der Waals surface area contributed by atoms with Gasteiger partial charge in [-0.15, -0.1) is 10.2 Å². The topological polar surface area (TPSA) is 226 Å². The van der Waals surface area contributed by atoms with Crippen LogP contribution in [0.1, 0.15) is 47.2 Å². The monoisotopic (exact) mass is 994 g/mol. The van der Waals surface area contributed by atoms with Gasteiger partial charge in [0.25, 0.3) is 0 Å². The van der Waals surface area contributed by atoms with Crippen LogP contribution in [0.15, 0.2) is 166 Å². The third-order valence-electron chi connectivity index (χ3n) is 8.97. The van der Waals surface area contributed by atoms with Crippen molar-refractivity contribution in [1.29, 1.82) is 0 Å². The molecular weight excluding hydrogens is 947 g/mol. The van der Waals surface area contributed by atoms with Crippen molar-refractivity contribution in [2.45, 2.75) is 13.8 Å². The summed E-state index contributed by atoms with van der Waals surface area (Å²) < 4.78 is 10.4. The fourth-order valence-corrected chi connectivity index (χ4v) is 5.90. The average Bonchev–Trinajstić information content (AvgIpc) is 3.35. The van der Waals surface area contributed by atoms with E-state index in [1.165, 1.54) is 13.8 Å². The molecule has 0 aromatic heterocycles. The van der Waals surface area contributed by atoms with E-state index in [0.717, 1.165) is 55.9 Å². The Morgan fingerprint density at radius 3 is 0.972 bits per heavy atom. The molecule has 0 spiro atoms. The Kier molecular flexibility index (Phi) is 24.9. The number of carboxylic acids is 2. The van der Waals surface area contributed by atoms with Crippen molar-refractivity contribution in [2.24, 2.45) is 20.7 Å². The van der Waals surface area contributed by atoms with Crippen LogP contribution in [0, 0.1) is 0 Å². The van der Waals surface area contributed by atoms with Crippen LogP contribution >= 0.6 is 0 Å². The quantitative estimate of drug-likeness (QED) is 0.0349. The molecule has 20 heteroatoms. The molecule has 0 bridgehead atoms. The van der Waals surface area contributed by atoms with Crippen LogP contribution in [-0.4, -0.2) is 75.3 Å². The zero-order chi connectivity index (χ0) is 50.4. The van der Waals surface area contributed by atoms with Crippen molar-refractivity contribution in [1.82, 2.24) is 10.0 Å². The first-order valence-corrected chi connectivity index (χ1v) is 21.2. The Balaban J connectivity index is 0.000000370. The zero-order valence-electron chi connectivity index (χ0n) is 41.0. The second kappa shape index (κ2) is 30.4. The van der Waals surface area contributed by atoms with E-state index in [0.29, 0.717) is 23.0 Å². The molecule has 0 saturated carbocycles. The summed E-state index contributed by atoms with van der Waals surface area (Å²) in [6, 6.07) is 43.4. The summed E-state index contributed by atoms with van der Waals surface area (Å²) in [5.41, 5.74) is 8.57. The average molecular weight is 995 g/mol. The summed E-state index contributed by atoms with van der Waals surface area (Å²) in [4.78, 5) is 62.3. The molecule has 6 aromatic carbocycles. The molecule has 0 atom stereocenters. The molecule has 0 aliphatic heterocycles. The summed E-state index contributed by atoms with van der Waals surface area (Å²) in [6.45, 7) is 1.46. The van der Waals surface area contributed by atoms with Gasteiger partial charge >= 0.3 is 71.1 Å². The molecule has 360 valence electrons. The van der Waals surface area contributed by atoms with Crippen LogP contribution in [-0.2, 0) is 29.0 Å². The smallest absolute Gasteiger partial charge is 0.546 e. The second-order valence-electron chi connectivity index (χ2n) is 15.1. The molecule has 18 nitrogen and oxygen atoms in total. The van der Waals surface area contributed by atoms with E-state index in [4.69, 9.17) is 19.2 Å². The Bertz CT molecular complexity index is 2480. The maximum atomic E-state index is 11.0. The Hall–Kier alpha value is -7.32. The van der Waals surface area contributed by atoms with Crippen LogP contribution in [0.5, 0.6) is 23.0 Å². The summed E-state index contributed by atoms with van der Waals surface area (Å²) in [7, 11) is 7.18. The molecule has 0 N–H and O–H groups in total. The number of benzene rings is 6. The minimum atomic E-state index is -1.29. The number of hydrogen-bond donors (Lipinski definition) is 0. The van der Waals surface area contributed by atoms with E-state index in [-0.39, 0.29) is 59.1 Å². The van der Waals surface area contributed by atoms with Gasteiger partial charge in [-0.3, -0.25) is 29.6 Å². The third kappa shape index (κ3) is 21.0. The normalized spacial score (nSPS) is 10.9. The SMILES string of the molecule is CC(=O)OOc1ccc(C(=Cc2ccc(N=NN(C)C)cc2)c2ccc(OCC(=O)[O-])cc2)cc1.CC(=O)OOc1ccc(C(=Cc2ccc(N=NN(C)C)cc2)c2ccc(OCC(=O)[O-])cc2)cc1.[Na+].[Na+]. The molecule has 0 saturated heterocycles. The molecule has 0 aliphatic rings. The van der Waals surface area contributed by atoms with E-state index < -0.39 is 37.1 Å². The van der Waals surface area contributed by atoms with Crippen molar-refractivity contribution in [2.75, 3.05) is 41.4 Å². The van der Waals surface area contributed by atoms with E-state index in [9.17, 15) is 29.4 Å². The molecule has 72 heavy (non-hydrogen) atoms. The van der Waals surface area contributed by atoms with Gasteiger partial charge in [-0.25, -0.2) is 9.59 Å². The number of nitrogens with zero attached hydrogens (tertiary/aromatic N) is 6. The summed E-state index contributed by atoms with van der Waals surface area (Å²) in [5.74, 6) is -2.10. The third-order valence-corrected chi connectivity index (χ3v) is 8.97. The number of aliphatic carboxylic acids is 2. The number of hydrogen-bond acceptors (Lipinski definition) is 16. The molecule has 0 radical (unpaired) electrons. The first kappa shape index (κ1) is 59.0. The van der Waals surface area contributed by atoms with E-state index in [2.05, 4.69) is 30.5 Å². The molecule has 6 aromatic rings. The summed E-state index contributed by atoms with van der Waals surface area (Å²) >= 11 is 0. The Morgan fingerprint density at radius 1 is 0.444 bits per heavy atom. The molecule has 0 unspecified atom stereocenters. The standard InChI is InChI=1S/2C26H25N3O6.2Na/c2*1-18(30)34-35-24-14-8-21(9-15-24)25(20-6-12-23(13-7-20)33-17-26(31)32)16-19-4-10-22(11-5-19)27-28-29(2)3;;/h2*4-16H,17H2,1-3H3,(H,31,32);;/q;;2*+1/p-2. The minimum Gasteiger partial charge on any atom is -0.546 e. The van der Waals surface area contributed by atoms with Gasteiger partial charge in [0.05, 0.1) is 23.3 Å². The van der Waals surface area contributed by atoms with Gasteiger partial charge < -0.3 is 29.3 Å². The van der Waals surface area contributed by atoms with Gasteiger partial charge in [-0.1, -0.05) is 83.2 Å². The van der Waals surface area contributed by atoms with Crippen LogP contribution in [0.2, 0.25) is 0 Å². The molecule has 6 rings (SSSR count). The van der Waals surface area contributed by atoms with E-state index in [1.54, 1.807) is 86.7 Å². The van der Waals surface area contributed by atoms with E-state index in [1.807, 2.05) is 109 Å². The van der Waals surface area contributed by atoms with Gasteiger partial charge in [0, 0.05) is 42.0 Å².